The van der Waals surface area contributed by atoms with Crippen molar-refractivity contribution in [3.8, 4) is 0 Å². The quantitative estimate of drug-likeness (QED) is 0.800. The van der Waals surface area contributed by atoms with Crippen molar-refractivity contribution in [2.75, 3.05) is 18.0 Å². The molecule has 1 saturated heterocycles. The van der Waals surface area contributed by atoms with Crippen LogP contribution in [0.4, 0.5) is 5.69 Å². The lowest BCUT2D eigenvalue weighted by Crippen LogP contribution is -2.22. The van der Waals surface area contributed by atoms with E-state index in [-0.39, 0.29) is 0 Å². The Morgan fingerprint density at radius 3 is 2.93 bits per heavy atom. The Morgan fingerprint density at radius 1 is 1.53 bits per heavy atom. The zero-order valence-corrected chi connectivity index (χ0v) is 9.53. The van der Waals surface area contributed by atoms with Gasteiger partial charge in [-0.05, 0) is 24.0 Å². The number of rotatable bonds is 2. The minimum absolute atomic E-state index is 0.437. The molecule has 0 aromatic carbocycles. The fraction of sp³-hybridized carbons (Fsp3) is 0.583. The van der Waals surface area contributed by atoms with Gasteiger partial charge in [0.1, 0.15) is 0 Å². The molecular formula is C12H19N3. The van der Waals surface area contributed by atoms with Gasteiger partial charge in [-0.1, -0.05) is 13.8 Å². The Morgan fingerprint density at radius 2 is 2.33 bits per heavy atom. The fourth-order valence-corrected chi connectivity index (χ4v) is 2.11. The van der Waals surface area contributed by atoms with Gasteiger partial charge in [-0.25, -0.2) is 0 Å². The first-order valence-electron chi connectivity index (χ1n) is 5.51. The van der Waals surface area contributed by atoms with Crippen molar-refractivity contribution in [1.29, 1.82) is 0 Å². The Hall–Kier alpha value is -1.09. The maximum atomic E-state index is 5.59. The zero-order valence-electron chi connectivity index (χ0n) is 9.53. The first kappa shape index (κ1) is 10.4. The molecule has 0 saturated carbocycles. The normalized spacial score (nSPS) is 19.5. The van der Waals surface area contributed by atoms with Gasteiger partial charge in [-0.2, -0.15) is 0 Å². The van der Waals surface area contributed by atoms with Gasteiger partial charge < -0.3 is 10.6 Å². The van der Waals surface area contributed by atoms with Crippen LogP contribution in [0, 0.1) is 5.41 Å². The number of nitrogens with two attached hydrogens (primary N) is 1. The summed E-state index contributed by atoms with van der Waals surface area (Å²) in [5, 5.41) is 0. The SMILES string of the molecule is CC1(C)CCN(c2ccnc(CN)c2)C1. The number of anilines is 1. The van der Waals surface area contributed by atoms with Crippen LogP contribution in [0.2, 0.25) is 0 Å². The molecular weight excluding hydrogens is 186 g/mol. The molecule has 2 heterocycles. The summed E-state index contributed by atoms with van der Waals surface area (Å²) < 4.78 is 0. The molecule has 1 aliphatic rings. The molecule has 3 heteroatoms. The lowest BCUT2D eigenvalue weighted by atomic mass is 9.93. The second-order valence-electron chi connectivity index (χ2n) is 5.05. The molecule has 2 N–H and O–H groups in total. The van der Waals surface area contributed by atoms with E-state index in [1.165, 1.54) is 12.1 Å². The second-order valence-corrected chi connectivity index (χ2v) is 5.05. The Kier molecular flexibility index (Phi) is 2.65. The summed E-state index contributed by atoms with van der Waals surface area (Å²) in [6, 6.07) is 4.17. The molecule has 0 radical (unpaired) electrons. The lowest BCUT2D eigenvalue weighted by molar-refractivity contribution is 0.418. The molecule has 15 heavy (non-hydrogen) atoms. The molecule has 1 aliphatic heterocycles. The number of aromatic nitrogens is 1. The van der Waals surface area contributed by atoms with E-state index in [4.69, 9.17) is 5.73 Å². The third-order valence-electron chi connectivity index (χ3n) is 3.05. The van der Waals surface area contributed by atoms with Crippen molar-refractivity contribution < 1.29 is 0 Å². The standard InChI is InChI=1S/C12H19N3/c1-12(2)4-6-15(9-12)11-3-5-14-10(7-11)8-13/h3,5,7H,4,6,8-9,13H2,1-2H3. The predicted octanol–water partition coefficient (Wildman–Crippen LogP) is 1.78. The molecule has 1 aromatic rings. The molecule has 82 valence electrons. The predicted molar refractivity (Wildman–Crippen MR) is 62.7 cm³/mol. The summed E-state index contributed by atoms with van der Waals surface area (Å²) in [6.45, 7) is 7.42. The highest BCUT2D eigenvalue weighted by Crippen LogP contribution is 2.32. The minimum atomic E-state index is 0.437. The smallest absolute Gasteiger partial charge is 0.0560 e. The maximum absolute atomic E-state index is 5.59. The molecule has 0 aliphatic carbocycles. The van der Waals surface area contributed by atoms with E-state index in [2.05, 4.69) is 35.9 Å². The van der Waals surface area contributed by atoms with Gasteiger partial charge in [0.15, 0.2) is 0 Å². The zero-order chi connectivity index (χ0) is 10.9. The maximum Gasteiger partial charge on any atom is 0.0560 e. The van der Waals surface area contributed by atoms with E-state index >= 15 is 0 Å². The van der Waals surface area contributed by atoms with Crippen LogP contribution < -0.4 is 10.6 Å². The summed E-state index contributed by atoms with van der Waals surface area (Å²) in [7, 11) is 0. The summed E-state index contributed by atoms with van der Waals surface area (Å²) in [4.78, 5) is 6.63. The van der Waals surface area contributed by atoms with Crippen LogP contribution in [0.25, 0.3) is 0 Å². The Balaban J connectivity index is 2.16. The van der Waals surface area contributed by atoms with Crippen LogP contribution >= 0.6 is 0 Å². The average Bonchev–Trinajstić information content (AvgIpc) is 2.59. The van der Waals surface area contributed by atoms with Gasteiger partial charge in [0.25, 0.3) is 0 Å². The summed E-state index contributed by atoms with van der Waals surface area (Å²) in [5.41, 5.74) is 8.26. The van der Waals surface area contributed by atoms with Gasteiger partial charge in [-0.15, -0.1) is 0 Å². The minimum Gasteiger partial charge on any atom is -0.371 e. The van der Waals surface area contributed by atoms with Crippen molar-refractivity contribution in [3.05, 3.63) is 24.0 Å². The van der Waals surface area contributed by atoms with E-state index in [0.717, 1.165) is 18.8 Å². The second kappa shape index (κ2) is 3.81. The van der Waals surface area contributed by atoms with Gasteiger partial charge in [0.05, 0.1) is 5.69 Å². The van der Waals surface area contributed by atoms with Gasteiger partial charge in [-0.3, -0.25) is 4.98 Å². The van der Waals surface area contributed by atoms with Crippen LogP contribution in [0.3, 0.4) is 0 Å². The fourth-order valence-electron chi connectivity index (χ4n) is 2.11. The molecule has 1 aromatic heterocycles. The van der Waals surface area contributed by atoms with Crippen molar-refractivity contribution in [2.24, 2.45) is 11.1 Å². The molecule has 0 spiro atoms. The monoisotopic (exact) mass is 205 g/mol. The molecule has 0 unspecified atom stereocenters. The van der Waals surface area contributed by atoms with E-state index in [1.807, 2.05) is 6.20 Å². The van der Waals surface area contributed by atoms with Crippen LogP contribution in [-0.2, 0) is 6.54 Å². The van der Waals surface area contributed by atoms with Crippen molar-refractivity contribution >= 4 is 5.69 Å². The lowest BCUT2D eigenvalue weighted by Gasteiger charge is -2.21. The molecule has 3 nitrogen and oxygen atoms in total. The molecule has 1 fully saturated rings. The van der Waals surface area contributed by atoms with Gasteiger partial charge in [0, 0.05) is 31.5 Å². The third kappa shape index (κ3) is 2.29. The largest absolute Gasteiger partial charge is 0.371 e. The Bertz CT molecular complexity index is 346. The van der Waals surface area contributed by atoms with Crippen molar-refractivity contribution in [1.82, 2.24) is 4.98 Å². The third-order valence-corrected chi connectivity index (χ3v) is 3.05. The molecule has 0 amide bonds. The van der Waals surface area contributed by atoms with Crippen LogP contribution in [0.1, 0.15) is 26.0 Å². The summed E-state index contributed by atoms with van der Waals surface area (Å²) >= 11 is 0. The van der Waals surface area contributed by atoms with Crippen LogP contribution in [0.5, 0.6) is 0 Å². The van der Waals surface area contributed by atoms with E-state index in [0.29, 0.717) is 12.0 Å². The number of nitrogens with zero attached hydrogens (tertiary/aromatic N) is 2. The topological polar surface area (TPSA) is 42.2 Å². The summed E-state index contributed by atoms with van der Waals surface area (Å²) in [6.07, 6.45) is 3.11. The van der Waals surface area contributed by atoms with E-state index in [1.54, 1.807) is 0 Å². The first-order valence-corrected chi connectivity index (χ1v) is 5.51. The van der Waals surface area contributed by atoms with Gasteiger partial charge >= 0.3 is 0 Å². The van der Waals surface area contributed by atoms with Crippen LogP contribution in [0.15, 0.2) is 18.3 Å². The highest BCUT2D eigenvalue weighted by atomic mass is 15.2. The van der Waals surface area contributed by atoms with E-state index < -0.39 is 0 Å². The molecule has 2 rings (SSSR count). The number of hydrogen-bond donors (Lipinski definition) is 1. The average molecular weight is 205 g/mol. The van der Waals surface area contributed by atoms with Crippen molar-refractivity contribution in [3.63, 3.8) is 0 Å². The van der Waals surface area contributed by atoms with E-state index in [9.17, 15) is 0 Å². The molecule has 0 atom stereocenters. The highest BCUT2D eigenvalue weighted by Gasteiger charge is 2.29. The van der Waals surface area contributed by atoms with Gasteiger partial charge in [0.2, 0.25) is 0 Å². The highest BCUT2D eigenvalue weighted by molar-refractivity contribution is 5.47. The number of hydrogen-bond acceptors (Lipinski definition) is 3. The summed E-state index contributed by atoms with van der Waals surface area (Å²) in [5.74, 6) is 0. The molecule has 0 bridgehead atoms. The van der Waals surface area contributed by atoms with Crippen molar-refractivity contribution in [2.45, 2.75) is 26.8 Å². The first-order chi connectivity index (χ1) is 7.11. The number of pyridine rings is 1. The van der Waals surface area contributed by atoms with Crippen LogP contribution in [-0.4, -0.2) is 18.1 Å². The Labute approximate surface area is 91.3 Å².